The molecule has 0 saturated heterocycles. The van der Waals surface area contributed by atoms with Crippen molar-refractivity contribution in [2.24, 2.45) is 11.3 Å². The fraction of sp³-hybridized carbons (Fsp3) is 1.00. The summed E-state index contributed by atoms with van der Waals surface area (Å²) in [6.07, 6.45) is -1.73. The minimum atomic E-state index is -4.01. The van der Waals surface area contributed by atoms with E-state index in [1.54, 1.807) is 0 Å². The second-order valence-electron chi connectivity index (χ2n) is 4.26. The molecular weight excluding hydrogens is 165 g/mol. The normalized spacial score (nSPS) is 38.2. The van der Waals surface area contributed by atoms with E-state index in [9.17, 15) is 13.2 Å². The molecule has 0 N–H and O–H groups in total. The van der Waals surface area contributed by atoms with E-state index in [1.165, 1.54) is 6.92 Å². The number of hydrogen-bond donors (Lipinski definition) is 0. The summed E-state index contributed by atoms with van der Waals surface area (Å²) in [4.78, 5) is 0. The molecule has 0 nitrogen and oxygen atoms in total. The predicted octanol–water partition coefficient (Wildman–Crippen LogP) is 3.77. The lowest BCUT2D eigenvalue weighted by molar-refractivity contribution is -0.231. The topological polar surface area (TPSA) is 0 Å². The molecule has 1 fully saturated rings. The van der Waals surface area contributed by atoms with E-state index in [2.05, 4.69) is 0 Å². The third-order valence-electron chi connectivity index (χ3n) is 2.91. The second kappa shape index (κ2) is 2.93. The van der Waals surface area contributed by atoms with Crippen LogP contribution in [0.2, 0.25) is 0 Å². The van der Waals surface area contributed by atoms with Crippen LogP contribution in [0.5, 0.6) is 0 Å². The van der Waals surface area contributed by atoms with Gasteiger partial charge in [0.1, 0.15) is 0 Å². The van der Waals surface area contributed by atoms with E-state index in [1.807, 2.05) is 6.92 Å². The van der Waals surface area contributed by atoms with Crippen molar-refractivity contribution >= 4 is 0 Å². The zero-order chi connectivity index (χ0) is 9.41. The van der Waals surface area contributed by atoms with Crippen LogP contribution in [0.3, 0.4) is 0 Å². The van der Waals surface area contributed by atoms with Gasteiger partial charge < -0.3 is 0 Å². The van der Waals surface area contributed by atoms with Gasteiger partial charge in [-0.3, -0.25) is 0 Å². The van der Waals surface area contributed by atoms with Crippen LogP contribution in [0.15, 0.2) is 0 Å². The molecule has 1 aliphatic rings. The van der Waals surface area contributed by atoms with E-state index in [4.69, 9.17) is 0 Å². The Bertz CT molecular complexity index is 162. The van der Waals surface area contributed by atoms with Gasteiger partial charge in [0, 0.05) is 0 Å². The van der Waals surface area contributed by atoms with Crippen molar-refractivity contribution in [3.05, 3.63) is 0 Å². The van der Waals surface area contributed by atoms with Crippen molar-refractivity contribution in [2.75, 3.05) is 0 Å². The molecule has 2 atom stereocenters. The summed E-state index contributed by atoms with van der Waals surface area (Å²) in [5, 5.41) is 0. The zero-order valence-electron chi connectivity index (χ0n) is 7.54. The summed E-state index contributed by atoms with van der Waals surface area (Å²) in [5.41, 5.74) is -1.41. The average molecular weight is 180 g/mol. The van der Waals surface area contributed by atoms with Crippen molar-refractivity contribution in [3.63, 3.8) is 0 Å². The van der Waals surface area contributed by atoms with Gasteiger partial charge in [0.2, 0.25) is 0 Å². The van der Waals surface area contributed by atoms with Gasteiger partial charge in [-0.15, -0.1) is 0 Å². The summed E-state index contributed by atoms with van der Waals surface area (Å²) >= 11 is 0. The zero-order valence-corrected chi connectivity index (χ0v) is 7.54. The van der Waals surface area contributed by atoms with Crippen molar-refractivity contribution < 1.29 is 13.2 Å². The highest BCUT2D eigenvalue weighted by atomic mass is 19.4. The van der Waals surface area contributed by atoms with Gasteiger partial charge in [0.25, 0.3) is 0 Å². The van der Waals surface area contributed by atoms with Crippen LogP contribution in [0.4, 0.5) is 13.2 Å². The molecule has 1 rings (SSSR count). The van der Waals surface area contributed by atoms with Crippen molar-refractivity contribution in [1.82, 2.24) is 0 Å². The van der Waals surface area contributed by atoms with Crippen LogP contribution < -0.4 is 0 Å². The van der Waals surface area contributed by atoms with Crippen LogP contribution in [0.25, 0.3) is 0 Å². The predicted molar refractivity (Wildman–Crippen MR) is 41.8 cm³/mol. The SMILES string of the molecule is C[C@@H]1CCCC(C)(C(F)(F)F)C1. The van der Waals surface area contributed by atoms with E-state index in [-0.39, 0.29) is 5.92 Å². The fourth-order valence-corrected chi connectivity index (χ4v) is 2.07. The maximum Gasteiger partial charge on any atom is 0.394 e. The quantitative estimate of drug-likeness (QED) is 0.532. The summed E-state index contributed by atoms with van der Waals surface area (Å²) < 4.78 is 37.5. The first-order chi connectivity index (χ1) is 5.35. The highest BCUT2D eigenvalue weighted by Gasteiger charge is 2.51. The Balaban J connectivity index is 2.70. The molecule has 72 valence electrons. The molecule has 1 saturated carbocycles. The van der Waals surface area contributed by atoms with Gasteiger partial charge in [-0.05, 0) is 18.8 Å². The van der Waals surface area contributed by atoms with Gasteiger partial charge in [0.15, 0.2) is 0 Å². The number of halogens is 3. The molecule has 0 spiro atoms. The Hall–Kier alpha value is -0.210. The molecule has 1 aliphatic carbocycles. The minimum Gasteiger partial charge on any atom is -0.171 e. The van der Waals surface area contributed by atoms with E-state index in [0.29, 0.717) is 12.8 Å². The monoisotopic (exact) mass is 180 g/mol. The third kappa shape index (κ3) is 1.75. The highest BCUT2D eigenvalue weighted by molar-refractivity contribution is 4.87. The van der Waals surface area contributed by atoms with Crippen LogP contribution in [-0.2, 0) is 0 Å². The molecule has 0 radical (unpaired) electrons. The third-order valence-corrected chi connectivity index (χ3v) is 2.91. The fourth-order valence-electron chi connectivity index (χ4n) is 2.07. The molecule has 0 amide bonds. The Morgan fingerprint density at radius 2 is 1.92 bits per heavy atom. The van der Waals surface area contributed by atoms with Crippen LogP contribution in [0, 0.1) is 11.3 Å². The van der Waals surface area contributed by atoms with Gasteiger partial charge in [-0.25, -0.2) is 0 Å². The van der Waals surface area contributed by atoms with E-state index >= 15 is 0 Å². The molecule has 0 aromatic carbocycles. The largest absolute Gasteiger partial charge is 0.394 e. The Morgan fingerprint density at radius 1 is 1.33 bits per heavy atom. The van der Waals surface area contributed by atoms with Gasteiger partial charge in [-0.1, -0.05) is 26.7 Å². The summed E-state index contributed by atoms with van der Waals surface area (Å²) in [7, 11) is 0. The number of rotatable bonds is 0. The molecule has 0 aromatic heterocycles. The molecule has 3 heteroatoms. The summed E-state index contributed by atoms with van der Waals surface area (Å²) in [6, 6.07) is 0. The standard InChI is InChI=1S/C9H15F3/c1-7-4-3-5-8(2,6-7)9(10,11)12/h7H,3-6H2,1-2H3/t7-,8?/m1/s1. The Kier molecular flexibility index (Phi) is 2.41. The van der Waals surface area contributed by atoms with Crippen LogP contribution in [0.1, 0.15) is 39.5 Å². The van der Waals surface area contributed by atoms with Crippen molar-refractivity contribution in [2.45, 2.75) is 45.7 Å². The van der Waals surface area contributed by atoms with Gasteiger partial charge >= 0.3 is 6.18 Å². The first kappa shape index (κ1) is 9.87. The Morgan fingerprint density at radius 3 is 2.25 bits per heavy atom. The number of hydrogen-bond acceptors (Lipinski definition) is 0. The lowest BCUT2D eigenvalue weighted by Crippen LogP contribution is -2.38. The van der Waals surface area contributed by atoms with Gasteiger partial charge in [-0.2, -0.15) is 13.2 Å². The lowest BCUT2D eigenvalue weighted by atomic mass is 9.71. The van der Waals surface area contributed by atoms with Crippen LogP contribution in [-0.4, -0.2) is 6.18 Å². The van der Waals surface area contributed by atoms with Gasteiger partial charge in [0.05, 0.1) is 5.41 Å². The van der Waals surface area contributed by atoms with E-state index < -0.39 is 11.6 Å². The lowest BCUT2D eigenvalue weighted by Gasteiger charge is -2.38. The van der Waals surface area contributed by atoms with Crippen molar-refractivity contribution in [1.29, 1.82) is 0 Å². The molecule has 1 unspecified atom stereocenters. The molecule has 0 aromatic rings. The minimum absolute atomic E-state index is 0.227. The highest BCUT2D eigenvalue weighted by Crippen LogP contribution is 2.49. The maximum atomic E-state index is 12.5. The van der Waals surface area contributed by atoms with Crippen molar-refractivity contribution in [3.8, 4) is 0 Å². The number of alkyl halides is 3. The van der Waals surface area contributed by atoms with Crippen LogP contribution >= 0.6 is 0 Å². The maximum absolute atomic E-state index is 12.5. The molecule has 0 bridgehead atoms. The average Bonchev–Trinajstić information content (AvgIpc) is 1.83. The second-order valence-corrected chi connectivity index (χ2v) is 4.26. The summed E-state index contributed by atoms with van der Waals surface area (Å²) in [5.74, 6) is 0.227. The molecule has 0 heterocycles. The smallest absolute Gasteiger partial charge is 0.171 e. The van der Waals surface area contributed by atoms with E-state index in [0.717, 1.165) is 12.8 Å². The molecule has 12 heavy (non-hydrogen) atoms. The first-order valence-corrected chi connectivity index (χ1v) is 4.42. The summed E-state index contributed by atoms with van der Waals surface area (Å²) in [6.45, 7) is 3.26. The molecular formula is C9H15F3. The first-order valence-electron chi connectivity index (χ1n) is 4.42. The molecule has 0 aliphatic heterocycles. The Labute approximate surface area is 71.1 Å².